The second kappa shape index (κ2) is 6.24. The number of rotatable bonds is 3. The summed E-state index contributed by atoms with van der Waals surface area (Å²) in [7, 11) is 0. The second-order valence-electron chi connectivity index (χ2n) is 6.26. The molecule has 2 aromatic rings. The first-order valence-corrected chi connectivity index (χ1v) is 8.76. The Morgan fingerprint density at radius 1 is 1.32 bits per heavy atom. The van der Waals surface area contributed by atoms with E-state index in [0.29, 0.717) is 12.0 Å². The van der Waals surface area contributed by atoms with E-state index in [1.54, 1.807) is 11.3 Å². The number of carbonyl (C=O) groups excluding carboxylic acids is 1. The third-order valence-electron chi connectivity index (χ3n) is 4.35. The Bertz CT molecular complexity index is 650. The van der Waals surface area contributed by atoms with Crippen LogP contribution in [0.1, 0.15) is 59.0 Å². The quantitative estimate of drug-likeness (QED) is 0.862. The van der Waals surface area contributed by atoms with Gasteiger partial charge in [0.15, 0.2) is 0 Å². The summed E-state index contributed by atoms with van der Waals surface area (Å²) in [5.41, 5.74) is 0. The number of imidazole rings is 1. The number of carbonyl (C=O) groups is 1. The SMILES string of the molecule is Cc1ccc(C(=O)N2CCC(c3nccn3C(C)C)CC2)s1. The molecule has 1 fully saturated rings. The predicted octanol–water partition coefficient (Wildman–Crippen LogP) is 3.85. The molecule has 1 amide bonds. The maximum Gasteiger partial charge on any atom is 0.263 e. The van der Waals surface area contributed by atoms with E-state index in [2.05, 4.69) is 29.6 Å². The number of piperidine rings is 1. The fraction of sp³-hybridized carbons (Fsp3) is 0.529. The molecule has 0 N–H and O–H groups in total. The van der Waals surface area contributed by atoms with Gasteiger partial charge in [0.1, 0.15) is 5.82 Å². The minimum absolute atomic E-state index is 0.184. The van der Waals surface area contributed by atoms with Crippen molar-refractivity contribution in [3.8, 4) is 0 Å². The lowest BCUT2D eigenvalue weighted by Gasteiger charge is -2.32. The lowest BCUT2D eigenvalue weighted by atomic mass is 9.95. The van der Waals surface area contributed by atoms with E-state index < -0.39 is 0 Å². The highest BCUT2D eigenvalue weighted by molar-refractivity contribution is 7.13. The van der Waals surface area contributed by atoms with Crippen LogP contribution in [0.2, 0.25) is 0 Å². The second-order valence-corrected chi connectivity index (χ2v) is 7.55. The zero-order valence-corrected chi connectivity index (χ0v) is 14.3. The molecule has 0 radical (unpaired) electrons. The van der Waals surface area contributed by atoms with Crippen LogP contribution >= 0.6 is 11.3 Å². The van der Waals surface area contributed by atoms with Crippen LogP contribution in [0.4, 0.5) is 0 Å². The van der Waals surface area contributed by atoms with Crippen molar-refractivity contribution < 1.29 is 4.79 Å². The zero-order valence-electron chi connectivity index (χ0n) is 13.5. The van der Waals surface area contributed by atoms with Gasteiger partial charge in [-0.2, -0.15) is 0 Å². The Morgan fingerprint density at radius 2 is 2.05 bits per heavy atom. The molecule has 0 bridgehead atoms. The van der Waals surface area contributed by atoms with Crippen molar-refractivity contribution in [2.45, 2.75) is 45.6 Å². The van der Waals surface area contributed by atoms with E-state index in [9.17, 15) is 4.79 Å². The Kier molecular flexibility index (Phi) is 4.34. The summed E-state index contributed by atoms with van der Waals surface area (Å²) in [6, 6.07) is 4.40. The van der Waals surface area contributed by atoms with Crippen LogP contribution in [0.5, 0.6) is 0 Å². The number of hydrogen-bond donors (Lipinski definition) is 0. The summed E-state index contributed by atoms with van der Waals surface area (Å²) >= 11 is 1.59. The number of aryl methyl sites for hydroxylation is 1. The average Bonchev–Trinajstić information content (AvgIpc) is 3.15. The van der Waals surface area contributed by atoms with E-state index in [4.69, 9.17) is 0 Å². The molecule has 0 unspecified atom stereocenters. The molecule has 0 aromatic carbocycles. The highest BCUT2D eigenvalue weighted by Gasteiger charge is 2.27. The van der Waals surface area contributed by atoms with Crippen molar-refractivity contribution in [2.75, 3.05) is 13.1 Å². The van der Waals surface area contributed by atoms with Crippen LogP contribution in [0.15, 0.2) is 24.5 Å². The molecule has 3 rings (SSSR count). The lowest BCUT2D eigenvalue weighted by Crippen LogP contribution is -2.38. The Balaban J connectivity index is 1.65. The fourth-order valence-electron chi connectivity index (χ4n) is 3.12. The number of hydrogen-bond acceptors (Lipinski definition) is 3. The molecule has 0 aliphatic carbocycles. The summed E-state index contributed by atoms with van der Waals surface area (Å²) < 4.78 is 2.25. The van der Waals surface area contributed by atoms with Crippen LogP contribution in [0.25, 0.3) is 0 Å². The van der Waals surface area contributed by atoms with E-state index >= 15 is 0 Å². The van der Waals surface area contributed by atoms with Crippen LogP contribution in [-0.4, -0.2) is 33.4 Å². The summed E-state index contributed by atoms with van der Waals surface area (Å²) in [4.78, 5) is 21.1. The van der Waals surface area contributed by atoms with Gasteiger partial charge in [0.05, 0.1) is 4.88 Å². The highest BCUT2D eigenvalue weighted by atomic mass is 32.1. The fourth-order valence-corrected chi connectivity index (χ4v) is 3.96. The maximum atomic E-state index is 12.5. The molecule has 1 aliphatic rings. The Labute approximate surface area is 135 Å². The largest absolute Gasteiger partial charge is 0.338 e. The van der Waals surface area contributed by atoms with Gasteiger partial charge in [0.2, 0.25) is 0 Å². The Morgan fingerprint density at radius 3 is 2.64 bits per heavy atom. The normalized spacial score (nSPS) is 16.5. The van der Waals surface area contributed by atoms with E-state index in [1.807, 2.05) is 30.2 Å². The number of amides is 1. The molecule has 0 atom stereocenters. The predicted molar refractivity (Wildman–Crippen MR) is 89.5 cm³/mol. The third kappa shape index (κ3) is 2.95. The van der Waals surface area contributed by atoms with Crippen LogP contribution in [-0.2, 0) is 0 Å². The highest BCUT2D eigenvalue weighted by Crippen LogP contribution is 2.29. The Hall–Kier alpha value is -1.62. The van der Waals surface area contributed by atoms with Crippen molar-refractivity contribution in [3.05, 3.63) is 40.1 Å². The van der Waals surface area contributed by atoms with Gasteiger partial charge < -0.3 is 9.47 Å². The van der Waals surface area contributed by atoms with Gasteiger partial charge in [0, 0.05) is 42.3 Å². The smallest absolute Gasteiger partial charge is 0.263 e. The zero-order chi connectivity index (χ0) is 15.7. The third-order valence-corrected chi connectivity index (χ3v) is 5.34. The molecular weight excluding hydrogens is 294 g/mol. The maximum absolute atomic E-state index is 12.5. The summed E-state index contributed by atoms with van der Waals surface area (Å²) in [5, 5.41) is 0. The van der Waals surface area contributed by atoms with Gasteiger partial charge in [-0.1, -0.05) is 0 Å². The van der Waals surface area contributed by atoms with Crippen molar-refractivity contribution in [1.82, 2.24) is 14.5 Å². The molecule has 0 spiro atoms. The summed E-state index contributed by atoms with van der Waals surface area (Å²) in [6.07, 6.45) is 5.95. The molecule has 22 heavy (non-hydrogen) atoms. The van der Waals surface area contributed by atoms with E-state index in [1.165, 1.54) is 10.7 Å². The minimum Gasteiger partial charge on any atom is -0.338 e. The topological polar surface area (TPSA) is 38.1 Å². The van der Waals surface area contributed by atoms with E-state index in [-0.39, 0.29) is 5.91 Å². The molecule has 2 aromatic heterocycles. The monoisotopic (exact) mass is 317 g/mol. The standard InChI is InChI=1S/C17H23N3OS/c1-12(2)20-11-8-18-16(20)14-6-9-19(10-7-14)17(21)15-5-4-13(3)22-15/h4-5,8,11-12,14H,6-7,9-10H2,1-3H3. The molecule has 1 saturated heterocycles. The van der Waals surface area contributed by atoms with Gasteiger partial charge in [0.25, 0.3) is 5.91 Å². The van der Waals surface area contributed by atoms with Crippen LogP contribution in [0.3, 0.4) is 0 Å². The number of thiophene rings is 1. The first kappa shape index (κ1) is 15.3. The molecule has 3 heterocycles. The lowest BCUT2D eigenvalue weighted by molar-refractivity contribution is 0.0715. The van der Waals surface area contributed by atoms with Gasteiger partial charge in [-0.15, -0.1) is 11.3 Å². The molecule has 5 heteroatoms. The molecule has 4 nitrogen and oxygen atoms in total. The van der Waals surface area contributed by atoms with Crippen LogP contribution in [0, 0.1) is 6.92 Å². The molecule has 1 aliphatic heterocycles. The number of likely N-dealkylation sites (tertiary alicyclic amines) is 1. The van der Waals surface area contributed by atoms with Crippen LogP contribution < -0.4 is 0 Å². The van der Waals surface area contributed by atoms with Gasteiger partial charge >= 0.3 is 0 Å². The van der Waals surface area contributed by atoms with Crippen molar-refractivity contribution in [2.24, 2.45) is 0 Å². The summed E-state index contributed by atoms with van der Waals surface area (Å²) in [5.74, 6) is 1.82. The molecule has 0 saturated carbocycles. The van der Waals surface area contributed by atoms with Gasteiger partial charge in [-0.25, -0.2) is 4.98 Å². The number of aromatic nitrogens is 2. The van der Waals surface area contributed by atoms with Crippen molar-refractivity contribution in [1.29, 1.82) is 0 Å². The number of nitrogens with zero attached hydrogens (tertiary/aromatic N) is 3. The first-order valence-electron chi connectivity index (χ1n) is 7.94. The van der Waals surface area contributed by atoms with Gasteiger partial charge in [-0.3, -0.25) is 4.79 Å². The van der Waals surface area contributed by atoms with Gasteiger partial charge in [-0.05, 0) is 45.7 Å². The molecule has 118 valence electrons. The minimum atomic E-state index is 0.184. The van der Waals surface area contributed by atoms with E-state index in [0.717, 1.165) is 30.8 Å². The molecular formula is C17H23N3OS. The van der Waals surface area contributed by atoms with Crippen molar-refractivity contribution in [3.63, 3.8) is 0 Å². The summed E-state index contributed by atoms with van der Waals surface area (Å²) in [6.45, 7) is 8.06. The first-order chi connectivity index (χ1) is 10.6. The van der Waals surface area contributed by atoms with Crippen molar-refractivity contribution >= 4 is 17.2 Å². The average molecular weight is 317 g/mol.